The molecule has 3 aromatic carbocycles. The molecule has 0 bridgehead atoms. The molecule has 0 heterocycles. The minimum atomic E-state index is -0.689. The molecule has 0 unspecified atom stereocenters. The molecule has 0 N–H and O–H groups in total. The summed E-state index contributed by atoms with van der Waals surface area (Å²) in [5.74, 6) is 0.238. The van der Waals surface area contributed by atoms with Crippen LogP contribution in [0.15, 0.2) is 66.7 Å². The quantitative estimate of drug-likeness (QED) is 0.185. The largest absolute Gasteiger partial charge is 0.493 e. The summed E-state index contributed by atoms with van der Waals surface area (Å²) in [6.45, 7) is 0. The van der Waals surface area contributed by atoms with Gasteiger partial charge in [0.2, 0.25) is 0 Å². The van der Waals surface area contributed by atoms with Crippen LogP contribution in [-0.4, -0.2) is 26.0 Å². The predicted octanol–water partition coefficient (Wildman–Crippen LogP) is 6.13. The maximum absolute atomic E-state index is 12.8. The van der Waals surface area contributed by atoms with Gasteiger partial charge in [0.25, 0.3) is 0 Å². The Hall–Kier alpha value is -3.28. The van der Waals surface area contributed by atoms with Gasteiger partial charge in [-0.25, -0.2) is 4.79 Å². The normalized spacial score (nSPS) is 10.7. The number of ketones is 1. The first kappa shape index (κ1) is 22.4. The van der Waals surface area contributed by atoms with E-state index in [1.165, 1.54) is 31.4 Å². The molecule has 0 saturated heterocycles. The third kappa shape index (κ3) is 5.45. The lowest BCUT2D eigenvalue weighted by Gasteiger charge is -2.09. The number of carbonyl (C=O) groups is 2. The van der Waals surface area contributed by atoms with Gasteiger partial charge in [-0.2, -0.15) is 0 Å². The van der Waals surface area contributed by atoms with Crippen molar-refractivity contribution in [1.82, 2.24) is 0 Å². The van der Waals surface area contributed by atoms with E-state index in [-0.39, 0.29) is 27.7 Å². The third-order valence-corrected chi connectivity index (χ3v) is 4.89. The highest BCUT2D eigenvalue weighted by atomic mass is 35.5. The Morgan fingerprint density at radius 2 is 1.55 bits per heavy atom. The minimum absolute atomic E-state index is 0.125. The fraction of sp³-hybridized carbons (Fsp3) is 0.0833. The van der Waals surface area contributed by atoms with Gasteiger partial charge in [0, 0.05) is 5.02 Å². The molecular weight excluding hydrogens is 439 g/mol. The van der Waals surface area contributed by atoms with Gasteiger partial charge >= 0.3 is 5.97 Å². The van der Waals surface area contributed by atoms with Crippen LogP contribution in [0.3, 0.4) is 0 Å². The molecule has 0 atom stereocenters. The molecule has 0 aromatic heterocycles. The van der Waals surface area contributed by atoms with E-state index < -0.39 is 5.97 Å². The van der Waals surface area contributed by atoms with E-state index in [9.17, 15) is 9.59 Å². The van der Waals surface area contributed by atoms with E-state index in [0.29, 0.717) is 16.5 Å². The Bertz CT molecular complexity index is 1150. The van der Waals surface area contributed by atoms with Crippen LogP contribution in [0.2, 0.25) is 10.0 Å². The molecule has 0 fully saturated rings. The standard InChI is InChI=1S/C24H18Cl2O5/c1-29-22-12-8-15(13-23(22)30-2)7-11-20(27)18-5-3-4-6-21(18)31-24(28)17-10-9-16(25)14-19(17)26/h3-14H,1-2H3/b11-7+. The minimum Gasteiger partial charge on any atom is -0.493 e. The highest BCUT2D eigenvalue weighted by Crippen LogP contribution is 2.28. The highest BCUT2D eigenvalue weighted by Gasteiger charge is 2.17. The maximum atomic E-state index is 12.8. The number of rotatable bonds is 7. The Morgan fingerprint density at radius 1 is 0.806 bits per heavy atom. The summed E-state index contributed by atoms with van der Waals surface area (Å²) in [6, 6.07) is 16.2. The van der Waals surface area contributed by atoms with E-state index in [1.54, 1.807) is 55.7 Å². The molecule has 31 heavy (non-hydrogen) atoms. The molecule has 7 heteroatoms. The summed E-state index contributed by atoms with van der Waals surface area (Å²) >= 11 is 11.9. The zero-order valence-corrected chi connectivity index (χ0v) is 18.2. The number of ether oxygens (including phenoxy) is 3. The molecule has 0 spiro atoms. The van der Waals surface area contributed by atoms with Crippen molar-refractivity contribution in [3.05, 3.63) is 93.5 Å². The zero-order chi connectivity index (χ0) is 22.4. The van der Waals surface area contributed by atoms with Gasteiger partial charge in [0.15, 0.2) is 17.3 Å². The van der Waals surface area contributed by atoms with E-state index >= 15 is 0 Å². The molecule has 0 aliphatic carbocycles. The van der Waals surface area contributed by atoms with E-state index in [1.807, 2.05) is 0 Å². The number of esters is 1. The summed E-state index contributed by atoms with van der Waals surface area (Å²) in [5, 5.41) is 0.562. The predicted molar refractivity (Wildman–Crippen MR) is 121 cm³/mol. The molecule has 0 aliphatic heterocycles. The van der Waals surface area contributed by atoms with Crippen LogP contribution < -0.4 is 14.2 Å². The Kier molecular flexibility index (Phi) is 7.34. The van der Waals surface area contributed by atoms with Crippen LogP contribution in [0.25, 0.3) is 6.08 Å². The maximum Gasteiger partial charge on any atom is 0.345 e. The lowest BCUT2D eigenvalue weighted by Crippen LogP contribution is -2.11. The Labute approximate surface area is 189 Å². The van der Waals surface area contributed by atoms with E-state index in [4.69, 9.17) is 37.4 Å². The van der Waals surface area contributed by atoms with Crippen LogP contribution in [0, 0.1) is 0 Å². The topological polar surface area (TPSA) is 61.8 Å². The van der Waals surface area contributed by atoms with Gasteiger partial charge in [-0.05, 0) is 54.1 Å². The van der Waals surface area contributed by atoms with Crippen LogP contribution >= 0.6 is 23.2 Å². The van der Waals surface area contributed by atoms with Crippen molar-refractivity contribution in [3.63, 3.8) is 0 Å². The number of allylic oxidation sites excluding steroid dienone is 1. The smallest absolute Gasteiger partial charge is 0.345 e. The van der Waals surface area contributed by atoms with Crippen molar-refractivity contribution >= 4 is 41.0 Å². The van der Waals surface area contributed by atoms with Gasteiger partial charge < -0.3 is 14.2 Å². The van der Waals surface area contributed by atoms with Crippen LogP contribution in [0.1, 0.15) is 26.3 Å². The highest BCUT2D eigenvalue weighted by molar-refractivity contribution is 6.36. The average molecular weight is 457 g/mol. The van der Waals surface area contributed by atoms with Crippen molar-refractivity contribution in [2.45, 2.75) is 0 Å². The molecule has 3 rings (SSSR count). The van der Waals surface area contributed by atoms with Crippen molar-refractivity contribution in [1.29, 1.82) is 0 Å². The first-order valence-corrected chi connectivity index (χ1v) is 9.89. The van der Waals surface area contributed by atoms with Crippen molar-refractivity contribution < 1.29 is 23.8 Å². The monoisotopic (exact) mass is 456 g/mol. The second-order valence-corrected chi connectivity index (χ2v) is 7.17. The summed E-state index contributed by atoms with van der Waals surface area (Å²) in [4.78, 5) is 25.3. The number of hydrogen-bond donors (Lipinski definition) is 0. The van der Waals surface area contributed by atoms with Crippen molar-refractivity contribution in [2.24, 2.45) is 0 Å². The molecule has 158 valence electrons. The van der Waals surface area contributed by atoms with Crippen LogP contribution in [0.5, 0.6) is 17.2 Å². The number of halogens is 2. The van der Waals surface area contributed by atoms with E-state index in [2.05, 4.69) is 0 Å². The molecule has 0 saturated carbocycles. The fourth-order valence-corrected chi connectivity index (χ4v) is 3.27. The Balaban J connectivity index is 1.82. The van der Waals surface area contributed by atoms with E-state index in [0.717, 1.165) is 5.56 Å². The third-order valence-electron chi connectivity index (χ3n) is 4.34. The number of benzene rings is 3. The lowest BCUT2D eigenvalue weighted by molar-refractivity contribution is 0.0733. The van der Waals surface area contributed by atoms with Gasteiger partial charge in [-0.1, -0.05) is 47.5 Å². The van der Waals surface area contributed by atoms with Crippen molar-refractivity contribution in [2.75, 3.05) is 14.2 Å². The Morgan fingerprint density at radius 3 is 2.26 bits per heavy atom. The number of hydrogen-bond acceptors (Lipinski definition) is 5. The lowest BCUT2D eigenvalue weighted by atomic mass is 10.1. The molecule has 0 aliphatic rings. The number of carbonyl (C=O) groups excluding carboxylic acids is 2. The van der Waals surface area contributed by atoms with Gasteiger partial charge in [0.1, 0.15) is 5.75 Å². The SMILES string of the molecule is COc1ccc(/C=C/C(=O)c2ccccc2OC(=O)c2ccc(Cl)cc2Cl)cc1OC. The van der Waals surface area contributed by atoms with Crippen LogP contribution in [-0.2, 0) is 0 Å². The average Bonchev–Trinajstić information content (AvgIpc) is 2.77. The van der Waals surface area contributed by atoms with Gasteiger partial charge in [-0.3, -0.25) is 4.79 Å². The van der Waals surface area contributed by atoms with Gasteiger partial charge in [-0.15, -0.1) is 0 Å². The summed E-state index contributed by atoms with van der Waals surface area (Å²) in [5.41, 5.74) is 1.13. The first-order chi connectivity index (χ1) is 14.9. The second-order valence-electron chi connectivity index (χ2n) is 6.32. The van der Waals surface area contributed by atoms with Crippen LogP contribution in [0.4, 0.5) is 0 Å². The molecular formula is C24H18Cl2O5. The summed E-state index contributed by atoms with van der Waals surface area (Å²) < 4.78 is 15.9. The second kappa shape index (κ2) is 10.2. The summed E-state index contributed by atoms with van der Waals surface area (Å²) in [6.07, 6.45) is 3.03. The molecule has 3 aromatic rings. The molecule has 0 radical (unpaired) electrons. The van der Waals surface area contributed by atoms with Gasteiger partial charge in [0.05, 0.1) is 30.4 Å². The fourth-order valence-electron chi connectivity index (χ4n) is 2.79. The first-order valence-electron chi connectivity index (χ1n) is 9.13. The summed E-state index contributed by atoms with van der Waals surface area (Å²) in [7, 11) is 3.08. The number of methoxy groups -OCH3 is 2. The van der Waals surface area contributed by atoms with Crippen molar-refractivity contribution in [3.8, 4) is 17.2 Å². The zero-order valence-electron chi connectivity index (χ0n) is 16.7. The molecule has 5 nitrogen and oxygen atoms in total. The molecule has 0 amide bonds. The number of para-hydroxylation sites is 1.